The molecule has 0 unspecified atom stereocenters. The van der Waals surface area contributed by atoms with Crippen molar-refractivity contribution in [1.29, 1.82) is 0 Å². The van der Waals surface area contributed by atoms with Crippen molar-refractivity contribution in [2.45, 2.75) is 18.9 Å². The highest BCUT2D eigenvalue weighted by Gasteiger charge is 2.21. The molecule has 1 saturated heterocycles. The molecule has 22 heavy (non-hydrogen) atoms. The number of nitrogens with one attached hydrogen (secondary N) is 2. The minimum absolute atomic E-state index is 0.00960. The van der Waals surface area contributed by atoms with Gasteiger partial charge in [-0.1, -0.05) is 24.3 Å². The number of fused-ring (bicyclic) bond motifs is 1. The van der Waals surface area contributed by atoms with Gasteiger partial charge in [-0.2, -0.15) is 0 Å². The van der Waals surface area contributed by atoms with Crippen molar-refractivity contribution in [3.63, 3.8) is 0 Å². The molecule has 0 spiro atoms. The molecule has 0 bridgehead atoms. The zero-order chi connectivity index (χ0) is 15.2. The molecular formula is C17H25N2O3+. The Morgan fingerprint density at radius 3 is 2.91 bits per heavy atom. The van der Waals surface area contributed by atoms with E-state index in [9.17, 15) is 4.79 Å². The Labute approximate surface area is 131 Å². The number of hydrogen-bond acceptors (Lipinski definition) is 3. The van der Waals surface area contributed by atoms with Crippen LogP contribution in [-0.4, -0.2) is 51.9 Å². The Balaban J connectivity index is 1.43. The molecule has 0 aliphatic carbocycles. The molecule has 1 aromatic rings. The predicted octanol–water partition coefficient (Wildman–Crippen LogP) is -0.278. The number of quaternary nitrogens is 1. The highest BCUT2D eigenvalue weighted by molar-refractivity contribution is 5.75. The molecule has 2 aliphatic heterocycles. The molecule has 120 valence electrons. The number of rotatable bonds is 5. The molecule has 2 aliphatic rings. The third-order valence-corrected chi connectivity index (χ3v) is 4.48. The summed E-state index contributed by atoms with van der Waals surface area (Å²) in [6, 6.07) is 8.34. The van der Waals surface area contributed by atoms with Gasteiger partial charge in [-0.15, -0.1) is 0 Å². The second-order valence-electron chi connectivity index (χ2n) is 5.97. The highest BCUT2D eigenvalue weighted by Crippen LogP contribution is 2.26. The summed E-state index contributed by atoms with van der Waals surface area (Å²) in [6.45, 7) is 5.81. The van der Waals surface area contributed by atoms with Gasteiger partial charge < -0.3 is 19.7 Å². The van der Waals surface area contributed by atoms with Crippen LogP contribution in [0.15, 0.2) is 24.3 Å². The molecule has 0 aromatic heterocycles. The number of morpholine rings is 1. The first kappa shape index (κ1) is 15.5. The Morgan fingerprint density at radius 2 is 2.05 bits per heavy atom. The minimum atomic E-state index is -0.00960. The van der Waals surface area contributed by atoms with Crippen LogP contribution in [0.1, 0.15) is 23.7 Å². The van der Waals surface area contributed by atoms with Gasteiger partial charge in [-0.05, 0) is 17.5 Å². The first-order chi connectivity index (χ1) is 10.8. The van der Waals surface area contributed by atoms with E-state index in [4.69, 9.17) is 9.47 Å². The van der Waals surface area contributed by atoms with Crippen LogP contribution < -0.4 is 10.2 Å². The molecule has 5 heteroatoms. The second kappa shape index (κ2) is 7.72. The van der Waals surface area contributed by atoms with Crippen LogP contribution in [0.2, 0.25) is 0 Å². The molecule has 1 fully saturated rings. The molecular weight excluding hydrogens is 280 g/mol. The first-order valence-corrected chi connectivity index (χ1v) is 8.20. The van der Waals surface area contributed by atoms with Crippen molar-refractivity contribution in [2.24, 2.45) is 0 Å². The Kier molecular flexibility index (Phi) is 5.43. The van der Waals surface area contributed by atoms with Gasteiger partial charge in [0.1, 0.15) is 19.2 Å². The summed E-state index contributed by atoms with van der Waals surface area (Å²) in [7, 11) is 0. The molecule has 2 N–H and O–H groups in total. The fourth-order valence-electron chi connectivity index (χ4n) is 3.14. The third-order valence-electron chi connectivity index (χ3n) is 4.48. The van der Waals surface area contributed by atoms with E-state index in [1.165, 1.54) is 16.0 Å². The van der Waals surface area contributed by atoms with Crippen LogP contribution in [0.5, 0.6) is 0 Å². The number of carbonyl (C=O) groups excluding carboxylic acids is 1. The van der Waals surface area contributed by atoms with E-state index in [-0.39, 0.29) is 12.0 Å². The van der Waals surface area contributed by atoms with Crippen LogP contribution in [-0.2, 0) is 20.7 Å². The van der Waals surface area contributed by atoms with Gasteiger partial charge in [-0.3, -0.25) is 4.79 Å². The molecule has 0 radical (unpaired) electrons. The lowest BCUT2D eigenvalue weighted by atomic mass is 9.97. The van der Waals surface area contributed by atoms with E-state index in [0.717, 1.165) is 45.9 Å². The maximum atomic E-state index is 12.0. The zero-order valence-corrected chi connectivity index (χ0v) is 13.0. The average molecular weight is 305 g/mol. The number of ether oxygens (including phenoxy) is 2. The summed E-state index contributed by atoms with van der Waals surface area (Å²) in [5.74, 6) is 0.116. The molecule has 3 rings (SSSR count). The number of amides is 1. The van der Waals surface area contributed by atoms with Crippen molar-refractivity contribution in [3.8, 4) is 0 Å². The number of hydrogen-bond donors (Lipinski definition) is 2. The monoisotopic (exact) mass is 305 g/mol. The summed E-state index contributed by atoms with van der Waals surface area (Å²) < 4.78 is 11.1. The van der Waals surface area contributed by atoms with E-state index in [0.29, 0.717) is 13.0 Å². The van der Waals surface area contributed by atoms with Crippen molar-refractivity contribution >= 4 is 5.91 Å². The molecule has 0 saturated carbocycles. The highest BCUT2D eigenvalue weighted by atomic mass is 16.5. The topological polar surface area (TPSA) is 52.0 Å². The number of benzene rings is 1. The lowest BCUT2D eigenvalue weighted by molar-refractivity contribution is -0.907. The largest absolute Gasteiger partial charge is 0.371 e. The molecule has 2 heterocycles. The van der Waals surface area contributed by atoms with E-state index in [2.05, 4.69) is 23.5 Å². The van der Waals surface area contributed by atoms with Crippen LogP contribution in [0, 0.1) is 0 Å². The first-order valence-electron chi connectivity index (χ1n) is 8.20. The minimum Gasteiger partial charge on any atom is -0.371 e. The van der Waals surface area contributed by atoms with Crippen LogP contribution in [0.3, 0.4) is 0 Å². The summed E-state index contributed by atoms with van der Waals surface area (Å²) in [5, 5.41) is 3.02. The number of carbonyl (C=O) groups is 1. The maximum absolute atomic E-state index is 12.0. The maximum Gasteiger partial charge on any atom is 0.225 e. The zero-order valence-electron chi connectivity index (χ0n) is 13.0. The van der Waals surface area contributed by atoms with E-state index >= 15 is 0 Å². The second-order valence-corrected chi connectivity index (χ2v) is 5.97. The van der Waals surface area contributed by atoms with Crippen molar-refractivity contribution < 1.29 is 19.2 Å². The van der Waals surface area contributed by atoms with Crippen molar-refractivity contribution in [3.05, 3.63) is 35.4 Å². The lowest BCUT2D eigenvalue weighted by Crippen LogP contribution is -3.14. The Bertz CT molecular complexity index is 500. The average Bonchev–Trinajstić information content (AvgIpc) is 2.59. The van der Waals surface area contributed by atoms with Crippen LogP contribution in [0.25, 0.3) is 0 Å². The van der Waals surface area contributed by atoms with E-state index in [1.54, 1.807) is 0 Å². The van der Waals surface area contributed by atoms with Crippen molar-refractivity contribution in [2.75, 3.05) is 46.0 Å². The van der Waals surface area contributed by atoms with Gasteiger partial charge in [-0.25, -0.2) is 0 Å². The van der Waals surface area contributed by atoms with Crippen LogP contribution in [0.4, 0.5) is 0 Å². The SMILES string of the molecule is O=C(CC[NH+]1CCOCC1)NC[C@H]1OCCc2ccccc21. The van der Waals surface area contributed by atoms with Gasteiger partial charge >= 0.3 is 0 Å². The Hall–Kier alpha value is -1.43. The third kappa shape index (κ3) is 4.06. The van der Waals surface area contributed by atoms with Crippen molar-refractivity contribution in [1.82, 2.24) is 5.32 Å². The summed E-state index contributed by atoms with van der Waals surface area (Å²) in [6.07, 6.45) is 1.52. The fourth-order valence-corrected chi connectivity index (χ4v) is 3.14. The summed E-state index contributed by atoms with van der Waals surface area (Å²) >= 11 is 0. The van der Waals surface area contributed by atoms with Gasteiger partial charge in [0.05, 0.1) is 32.8 Å². The van der Waals surface area contributed by atoms with Gasteiger partial charge in [0.2, 0.25) is 5.91 Å². The molecule has 1 aromatic carbocycles. The van der Waals surface area contributed by atoms with E-state index < -0.39 is 0 Å². The van der Waals surface area contributed by atoms with Gasteiger partial charge in [0.25, 0.3) is 0 Å². The predicted molar refractivity (Wildman–Crippen MR) is 82.8 cm³/mol. The molecule has 1 atom stereocenters. The smallest absolute Gasteiger partial charge is 0.225 e. The van der Waals surface area contributed by atoms with E-state index in [1.807, 2.05) is 6.07 Å². The fraction of sp³-hybridized carbons (Fsp3) is 0.588. The van der Waals surface area contributed by atoms with Gasteiger partial charge in [0.15, 0.2) is 0 Å². The Morgan fingerprint density at radius 1 is 1.23 bits per heavy atom. The summed E-state index contributed by atoms with van der Waals surface area (Å²) in [5.41, 5.74) is 2.55. The standard InChI is InChI=1S/C17H24N2O3/c20-17(5-7-19-8-11-21-12-9-19)18-13-16-15-4-2-1-3-14(15)6-10-22-16/h1-4,16H,5-13H2,(H,18,20)/p+1/t16-/m1/s1. The normalized spacial score (nSPS) is 22.1. The molecule has 5 nitrogen and oxygen atoms in total. The molecule has 1 amide bonds. The quantitative estimate of drug-likeness (QED) is 0.787. The van der Waals surface area contributed by atoms with Gasteiger partial charge in [0, 0.05) is 6.54 Å². The van der Waals surface area contributed by atoms with Crippen LogP contribution >= 0.6 is 0 Å². The summed E-state index contributed by atoms with van der Waals surface area (Å²) in [4.78, 5) is 13.5. The lowest BCUT2D eigenvalue weighted by Gasteiger charge is -2.26.